The summed E-state index contributed by atoms with van der Waals surface area (Å²) in [6, 6.07) is -12.4. The van der Waals surface area contributed by atoms with Crippen molar-refractivity contribution in [2.45, 2.75) is 157 Å². The quantitative estimate of drug-likeness (QED) is 0.0268. The molecule has 6 unspecified atom stereocenters. The smallest absolute Gasteiger partial charge is 0.271 e. The lowest BCUT2D eigenvalue weighted by atomic mass is 9.72. The molecule has 0 bridgehead atoms. The second-order valence-corrected chi connectivity index (χ2v) is 21.2. The van der Waals surface area contributed by atoms with Gasteiger partial charge in [0.25, 0.3) is 11.8 Å². The van der Waals surface area contributed by atoms with Crippen molar-refractivity contribution in [3.8, 4) is 0 Å². The molecular formula is C48H77N17O20. The second kappa shape index (κ2) is 31.4. The number of hydroxylamine groups is 4. The van der Waals surface area contributed by atoms with Crippen molar-refractivity contribution in [2.75, 3.05) is 52.5 Å². The maximum absolute atomic E-state index is 14.2. The van der Waals surface area contributed by atoms with Gasteiger partial charge in [-0.3, -0.25) is 88.0 Å². The molecule has 22 N–H and O–H groups in total. The average molecular weight is 1210 g/mol. The summed E-state index contributed by atoms with van der Waals surface area (Å²) in [6.07, 6.45) is -4.86. The van der Waals surface area contributed by atoms with E-state index in [1.807, 2.05) is 0 Å². The van der Waals surface area contributed by atoms with Gasteiger partial charge < -0.3 is 90.2 Å². The number of rotatable bonds is 27. The highest BCUT2D eigenvalue weighted by Gasteiger charge is 2.53. The fraction of sp³-hybridized carbons (Fsp3) is 0.708. The Labute approximate surface area is 484 Å². The number of amidine groups is 1. The van der Waals surface area contributed by atoms with E-state index in [4.69, 9.17) is 11.5 Å². The number of nitrogens with zero attached hydrogens (tertiary/aromatic N) is 4. The number of amides is 13. The van der Waals surface area contributed by atoms with E-state index in [0.29, 0.717) is 17.9 Å². The van der Waals surface area contributed by atoms with Crippen LogP contribution in [-0.4, -0.2) is 271 Å². The highest BCUT2D eigenvalue weighted by atomic mass is 16.5. The summed E-state index contributed by atoms with van der Waals surface area (Å²) in [6.45, 7) is -1.36. The number of aliphatic hydroxyl groups is 5. The number of aliphatic imine (C=N–C) groups is 1. The first-order valence-corrected chi connectivity index (χ1v) is 27.4. The summed E-state index contributed by atoms with van der Waals surface area (Å²) in [7, 11) is 0. The molecule has 0 aromatic heterocycles. The molecule has 15 atom stereocenters. The Hall–Kier alpha value is -7.78. The third kappa shape index (κ3) is 18.9. The van der Waals surface area contributed by atoms with Gasteiger partial charge in [-0.05, 0) is 71.3 Å². The molecule has 3 saturated heterocycles. The first kappa shape index (κ1) is 68.0. The van der Waals surface area contributed by atoms with Crippen LogP contribution in [0.25, 0.3) is 0 Å². The van der Waals surface area contributed by atoms with Crippen LogP contribution in [0.1, 0.15) is 71.6 Å². The standard InChI is InChI=1S/C48H77N17O20/c1-20(42(77)54-16-37(74)58-24-4-3-9-63(84)47(24)82)56-36(73)15-53-43(78)21(2)57-46(81)30(13-34(49)71)65(85)48(83)27(19-67)60-38(75)17-55-44(79)23-5-7-51-40(61-23)26(18-66)62-45(80)28-6-8-52-41-25(59-35(72)14-33(70)39(50)76)10-22-11-31(68)32(69)12-29(22)64(28)41/h20-33,41,52,66-70,84-85H,3-19H2,1-2H3,(H2,49,71)(H2,50,76)(H,51,61)(H,53,78)(H,54,77)(H,55,79)(H,56,73)(H,57,81)(H,58,74)(H,59,72)(H,60,75)(H,62,80)/t20-,21+,22?,23-,24+,25?,26+,27+,28+,29?,30-,31?,32?,33-,41?/m1/s1. The van der Waals surface area contributed by atoms with Gasteiger partial charge in [0.05, 0.1) is 76.1 Å². The molecule has 4 fully saturated rings. The molecule has 0 spiro atoms. The molecule has 5 aliphatic rings. The Balaban J connectivity index is 1.09. The number of nitrogens with two attached hydrogens (primary N) is 2. The van der Waals surface area contributed by atoms with E-state index in [1.54, 1.807) is 4.90 Å². The van der Waals surface area contributed by atoms with Gasteiger partial charge in [0.2, 0.25) is 65.0 Å². The fourth-order valence-electron chi connectivity index (χ4n) is 10.5. The molecule has 85 heavy (non-hydrogen) atoms. The Morgan fingerprint density at radius 3 is 2.02 bits per heavy atom. The zero-order valence-corrected chi connectivity index (χ0v) is 46.6. The number of hydrogen-bond donors (Lipinski definition) is 20. The monoisotopic (exact) mass is 1210 g/mol. The molecule has 4 heterocycles. The molecule has 0 radical (unpaired) electrons. The third-order valence-electron chi connectivity index (χ3n) is 14.9. The minimum atomic E-state index is -2.16. The van der Waals surface area contributed by atoms with E-state index in [-0.39, 0.29) is 68.6 Å². The Morgan fingerprint density at radius 2 is 1.38 bits per heavy atom. The molecule has 0 aromatic rings. The van der Waals surface area contributed by atoms with Crippen LogP contribution in [0.3, 0.4) is 0 Å². The molecule has 5 rings (SSSR count). The number of primary amides is 2. The molecule has 0 aromatic carbocycles. The van der Waals surface area contributed by atoms with Gasteiger partial charge in [0.1, 0.15) is 54.2 Å². The predicted molar refractivity (Wildman–Crippen MR) is 284 cm³/mol. The fourth-order valence-corrected chi connectivity index (χ4v) is 10.5. The lowest BCUT2D eigenvalue weighted by Crippen LogP contribution is -2.75. The van der Waals surface area contributed by atoms with Crippen LogP contribution in [0.15, 0.2) is 4.99 Å². The van der Waals surface area contributed by atoms with Crippen LogP contribution in [0.2, 0.25) is 0 Å². The summed E-state index contributed by atoms with van der Waals surface area (Å²) in [5, 5.41) is 99.6. The predicted octanol–water partition coefficient (Wildman–Crippen LogP) is -12.4. The largest absolute Gasteiger partial charge is 0.394 e. The minimum absolute atomic E-state index is 0.00314. The van der Waals surface area contributed by atoms with Crippen LogP contribution in [0, 0.1) is 5.92 Å². The first-order valence-electron chi connectivity index (χ1n) is 27.4. The molecular weight excluding hydrogens is 1130 g/mol. The maximum Gasteiger partial charge on any atom is 0.271 e. The number of carbonyl (C=O) groups excluding carboxylic acids is 13. The first-order chi connectivity index (χ1) is 40.1. The number of piperidine rings is 2. The summed E-state index contributed by atoms with van der Waals surface area (Å²) < 4.78 is 0. The molecule has 474 valence electrons. The average Bonchev–Trinajstić information content (AvgIpc) is 1.06. The Morgan fingerprint density at radius 1 is 0.741 bits per heavy atom. The van der Waals surface area contributed by atoms with Crippen molar-refractivity contribution in [2.24, 2.45) is 22.4 Å². The highest BCUT2D eigenvalue weighted by Crippen LogP contribution is 2.40. The molecule has 37 nitrogen and oxygen atoms in total. The summed E-state index contributed by atoms with van der Waals surface area (Å²) in [5.41, 5.74) is 10.4. The topological polar surface area (TPSA) is 570 Å². The van der Waals surface area contributed by atoms with Gasteiger partial charge in [-0.15, -0.1) is 0 Å². The van der Waals surface area contributed by atoms with Crippen LogP contribution >= 0.6 is 0 Å². The number of carbonyl (C=O) groups is 13. The summed E-state index contributed by atoms with van der Waals surface area (Å²) in [5.74, 6) is -13.0. The summed E-state index contributed by atoms with van der Waals surface area (Å²) in [4.78, 5) is 172. The van der Waals surface area contributed by atoms with Gasteiger partial charge in [-0.2, -0.15) is 0 Å². The lowest BCUT2D eigenvalue weighted by molar-refractivity contribution is -0.184. The SMILES string of the molecule is C[C@H](NC(=O)[C@@H](CC(N)=O)N(O)C(=O)[C@H](CO)NC(=O)CNC(=O)[C@H]1CCN=C([C@H](CO)NC(=O)[C@@H]2CCNC3C(NC(=O)C[C@@H](O)C(N)=O)CC4CC(O)C(O)CC4N32)N1)C(=O)NCC(=O)N[C@H](C)C(=O)NCC(=O)N[C@H]1CCCN(O)C1=O. The number of nitrogens with one attached hydrogen (secondary N) is 11. The van der Waals surface area contributed by atoms with E-state index in [0.717, 1.165) is 6.92 Å². The maximum atomic E-state index is 14.2. The van der Waals surface area contributed by atoms with Crippen LogP contribution in [0.5, 0.6) is 0 Å². The van der Waals surface area contributed by atoms with Crippen LogP contribution in [-0.2, 0) is 62.3 Å². The molecule has 4 aliphatic heterocycles. The van der Waals surface area contributed by atoms with Crippen molar-refractivity contribution in [3.05, 3.63) is 0 Å². The van der Waals surface area contributed by atoms with Crippen LogP contribution < -0.4 is 70.0 Å². The van der Waals surface area contributed by atoms with E-state index in [9.17, 15) is 98.3 Å². The van der Waals surface area contributed by atoms with Gasteiger partial charge >= 0.3 is 0 Å². The molecule has 37 heteroatoms. The molecule has 1 saturated carbocycles. The lowest BCUT2D eigenvalue weighted by Gasteiger charge is -2.57. The molecule has 13 amide bonds. The van der Waals surface area contributed by atoms with Crippen molar-refractivity contribution in [1.29, 1.82) is 0 Å². The van der Waals surface area contributed by atoms with Gasteiger partial charge in [-0.25, -0.2) is 10.1 Å². The summed E-state index contributed by atoms with van der Waals surface area (Å²) >= 11 is 0. The normalized spacial score (nSPS) is 25.9. The zero-order chi connectivity index (χ0) is 63.0. The minimum Gasteiger partial charge on any atom is -0.394 e. The van der Waals surface area contributed by atoms with Crippen molar-refractivity contribution < 1.29 is 98.3 Å². The molecule has 1 aliphatic carbocycles. The van der Waals surface area contributed by atoms with Gasteiger partial charge in [-0.1, -0.05) is 0 Å². The number of hydrogen-bond acceptors (Lipinski definition) is 24. The van der Waals surface area contributed by atoms with Crippen LogP contribution in [0.4, 0.5) is 0 Å². The van der Waals surface area contributed by atoms with E-state index < -0.39 is 207 Å². The number of fused-ring (bicyclic) bond motifs is 3. The third-order valence-corrected chi connectivity index (χ3v) is 14.9. The zero-order valence-electron chi connectivity index (χ0n) is 46.6. The van der Waals surface area contributed by atoms with E-state index in [1.165, 1.54) is 6.92 Å². The van der Waals surface area contributed by atoms with Crippen molar-refractivity contribution in [1.82, 2.24) is 73.5 Å². The van der Waals surface area contributed by atoms with Gasteiger partial charge in [0, 0.05) is 19.1 Å². The van der Waals surface area contributed by atoms with E-state index in [2.05, 4.69) is 63.5 Å². The van der Waals surface area contributed by atoms with Gasteiger partial charge in [0.15, 0.2) is 0 Å². The Bertz CT molecular complexity index is 2550. The highest BCUT2D eigenvalue weighted by molar-refractivity contribution is 5.99. The van der Waals surface area contributed by atoms with Crippen molar-refractivity contribution >= 4 is 82.6 Å². The number of aliphatic hydroxyl groups excluding tert-OH is 5. The van der Waals surface area contributed by atoms with E-state index >= 15 is 0 Å². The second-order valence-electron chi connectivity index (χ2n) is 21.2. The van der Waals surface area contributed by atoms with Crippen molar-refractivity contribution in [3.63, 3.8) is 0 Å². The Kier molecular flexibility index (Phi) is 25.1.